The van der Waals surface area contributed by atoms with Crippen LogP contribution in [0.1, 0.15) is 18.4 Å². The highest BCUT2D eigenvalue weighted by molar-refractivity contribution is 7.98. The largest absolute Gasteiger partial charge is 0.441 e. The molecule has 2 heterocycles. The predicted molar refractivity (Wildman–Crippen MR) is 84.1 cm³/mol. The zero-order valence-corrected chi connectivity index (χ0v) is 12.9. The molecule has 4 nitrogen and oxygen atoms in total. The van der Waals surface area contributed by atoms with Gasteiger partial charge in [-0.25, -0.2) is 9.97 Å². The Kier molecular flexibility index (Phi) is 4.10. The molecule has 0 fully saturated rings. The van der Waals surface area contributed by atoms with Crippen LogP contribution < -0.4 is 0 Å². The van der Waals surface area contributed by atoms with Gasteiger partial charge >= 0.3 is 0 Å². The van der Waals surface area contributed by atoms with Crippen molar-refractivity contribution in [2.45, 2.75) is 31.3 Å². The van der Waals surface area contributed by atoms with Crippen molar-refractivity contribution < 1.29 is 4.42 Å². The van der Waals surface area contributed by atoms with Gasteiger partial charge in [0.1, 0.15) is 5.76 Å². The van der Waals surface area contributed by atoms with Gasteiger partial charge in [-0.05, 0) is 26.0 Å². The monoisotopic (exact) mass is 299 g/mol. The van der Waals surface area contributed by atoms with Crippen LogP contribution in [0.3, 0.4) is 0 Å². The van der Waals surface area contributed by atoms with Crippen LogP contribution in [-0.2, 0) is 12.3 Å². The average Bonchev–Trinajstić information content (AvgIpc) is 3.12. The molecule has 0 aliphatic rings. The zero-order chi connectivity index (χ0) is 14.7. The van der Waals surface area contributed by atoms with Crippen LogP contribution in [0, 0.1) is 6.92 Å². The number of oxazole rings is 1. The van der Waals surface area contributed by atoms with Crippen molar-refractivity contribution in [1.29, 1.82) is 0 Å². The lowest BCUT2D eigenvalue weighted by molar-refractivity contribution is 0.540. The first kappa shape index (κ1) is 13.9. The number of hydrogen-bond donors (Lipinski definition) is 0. The molecule has 0 radical (unpaired) electrons. The molecule has 0 aliphatic heterocycles. The van der Waals surface area contributed by atoms with E-state index in [1.165, 1.54) is 0 Å². The van der Waals surface area contributed by atoms with Crippen molar-refractivity contribution in [1.82, 2.24) is 14.5 Å². The predicted octanol–water partition coefficient (Wildman–Crippen LogP) is 4.16. The fourth-order valence-corrected chi connectivity index (χ4v) is 3.10. The molecule has 0 N–H and O–H groups in total. The molecule has 1 aromatic carbocycles. The number of benzene rings is 1. The van der Waals surface area contributed by atoms with Gasteiger partial charge in [-0.3, -0.25) is 0 Å². The van der Waals surface area contributed by atoms with Crippen molar-refractivity contribution in [3.05, 3.63) is 54.2 Å². The molecule has 3 rings (SSSR count). The Morgan fingerprint density at radius 1 is 1.24 bits per heavy atom. The van der Waals surface area contributed by atoms with E-state index in [9.17, 15) is 0 Å². The van der Waals surface area contributed by atoms with Crippen LogP contribution in [-0.4, -0.2) is 14.5 Å². The smallest absolute Gasteiger partial charge is 0.226 e. The van der Waals surface area contributed by atoms with E-state index >= 15 is 0 Å². The van der Waals surface area contributed by atoms with Crippen molar-refractivity contribution in [3.63, 3.8) is 0 Å². The number of aromatic nitrogens is 3. The lowest BCUT2D eigenvalue weighted by atomic mass is 10.2. The fraction of sp³-hybridized carbons (Fsp3) is 0.250. The summed E-state index contributed by atoms with van der Waals surface area (Å²) in [4.78, 5) is 8.97. The third kappa shape index (κ3) is 3.03. The quantitative estimate of drug-likeness (QED) is 0.664. The van der Waals surface area contributed by atoms with Gasteiger partial charge < -0.3 is 8.98 Å². The van der Waals surface area contributed by atoms with Gasteiger partial charge in [-0.15, -0.1) is 0 Å². The maximum atomic E-state index is 5.78. The van der Waals surface area contributed by atoms with Crippen LogP contribution in [0.4, 0.5) is 0 Å². The van der Waals surface area contributed by atoms with E-state index in [4.69, 9.17) is 4.42 Å². The molecule has 0 saturated heterocycles. The van der Waals surface area contributed by atoms with E-state index < -0.39 is 0 Å². The van der Waals surface area contributed by atoms with Crippen LogP contribution >= 0.6 is 11.8 Å². The van der Waals surface area contributed by atoms with Gasteiger partial charge in [0.25, 0.3) is 0 Å². The summed E-state index contributed by atoms with van der Waals surface area (Å²) >= 11 is 1.68. The summed E-state index contributed by atoms with van der Waals surface area (Å²) in [6.07, 6.45) is 3.82. The summed E-state index contributed by atoms with van der Waals surface area (Å²) in [5.41, 5.74) is 1.98. The Bertz CT molecular complexity index is 718. The molecular weight excluding hydrogens is 282 g/mol. The van der Waals surface area contributed by atoms with E-state index in [0.717, 1.165) is 34.5 Å². The van der Waals surface area contributed by atoms with Crippen molar-refractivity contribution in [3.8, 4) is 11.5 Å². The number of aryl methyl sites for hydroxylation is 2. The molecule has 0 saturated carbocycles. The van der Waals surface area contributed by atoms with Crippen LogP contribution in [0.15, 0.2) is 52.3 Å². The van der Waals surface area contributed by atoms with E-state index in [1.807, 2.05) is 49.6 Å². The number of hydrogen-bond acceptors (Lipinski definition) is 4. The molecule has 0 aliphatic carbocycles. The Labute approximate surface area is 128 Å². The standard InChI is InChI=1S/C16H17N3OS/c1-3-19-10-9-17-16(19)21-11-14-12(2)20-15(18-14)13-7-5-4-6-8-13/h4-10H,3,11H2,1-2H3. The van der Waals surface area contributed by atoms with Gasteiger partial charge in [0.15, 0.2) is 5.16 Å². The van der Waals surface area contributed by atoms with E-state index in [1.54, 1.807) is 11.8 Å². The van der Waals surface area contributed by atoms with Gasteiger partial charge in [-0.2, -0.15) is 0 Å². The Morgan fingerprint density at radius 2 is 2.05 bits per heavy atom. The van der Waals surface area contributed by atoms with Gasteiger partial charge in [0.05, 0.1) is 5.69 Å². The highest BCUT2D eigenvalue weighted by Crippen LogP contribution is 2.26. The van der Waals surface area contributed by atoms with E-state index in [0.29, 0.717) is 5.89 Å². The van der Waals surface area contributed by atoms with Gasteiger partial charge in [0, 0.05) is 30.3 Å². The molecule has 21 heavy (non-hydrogen) atoms. The summed E-state index contributed by atoms with van der Waals surface area (Å²) in [5, 5.41) is 1.01. The third-order valence-electron chi connectivity index (χ3n) is 3.27. The SMILES string of the molecule is CCn1ccnc1SCc1nc(-c2ccccc2)oc1C. The molecule has 3 aromatic rings. The van der Waals surface area contributed by atoms with E-state index in [-0.39, 0.29) is 0 Å². The second-order valence-corrected chi connectivity index (χ2v) is 5.61. The number of rotatable bonds is 5. The second-order valence-electron chi connectivity index (χ2n) is 4.67. The number of imidazole rings is 1. The highest BCUT2D eigenvalue weighted by atomic mass is 32.2. The zero-order valence-electron chi connectivity index (χ0n) is 12.1. The Morgan fingerprint density at radius 3 is 2.81 bits per heavy atom. The molecule has 108 valence electrons. The minimum atomic E-state index is 0.683. The molecule has 0 unspecified atom stereocenters. The lowest BCUT2D eigenvalue weighted by Crippen LogP contribution is -1.95. The van der Waals surface area contributed by atoms with Crippen LogP contribution in [0.25, 0.3) is 11.5 Å². The maximum Gasteiger partial charge on any atom is 0.226 e. The van der Waals surface area contributed by atoms with Crippen LogP contribution in [0.5, 0.6) is 0 Å². The highest BCUT2D eigenvalue weighted by Gasteiger charge is 2.12. The third-order valence-corrected chi connectivity index (χ3v) is 4.29. The molecule has 0 atom stereocenters. The maximum absolute atomic E-state index is 5.78. The second kappa shape index (κ2) is 6.18. The van der Waals surface area contributed by atoms with Crippen LogP contribution in [0.2, 0.25) is 0 Å². The molecule has 0 amide bonds. The summed E-state index contributed by atoms with van der Waals surface area (Å²) in [6.45, 7) is 5.00. The molecular formula is C16H17N3OS. The minimum absolute atomic E-state index is 0.683. The molecule has 0 spiro atoms. The number of nitrogens with zero attached hydrogens (tertiary/aromatic N) is 3. The first-order valence-electron chi connectivity index (χ1n) is 6.93. The fourth-order valence-electron chi connectivity index (χ4n) is 2.08. The number of thioether (sulfide) groups is 1. The van der Waals surface area contributed by atoms with E-state index in [2.05, 4.69) is 21.5 Å². The normalized spacial score (nSPS) is 11.0. The van der Waals surface area contributed by atoms with Gasteiger partial charge in [-0.1, -0.05) is 30.0 Å². The van der Waals surface area contributed by atoms with Gasteiger partial charge in [0.2, 0.25) is 5.89 Å². The molecule has 0 bridgehead atoms. The van der Waals surface area contributed by atoms with Crippen molar-refractivity contribution in [2.24, 2.45) is 0 Å². The summed E-state index contributed by atoms with van der Waals surface area (Å²) in [7, 11) is 0. The summed E-state index contributed by atoms with van der Waals surface area (Å²) < 4.78 is 7.90. The molecule has 2 aromatic heterocycles. The lowest BCUT2D eigenvalue weighted by Gasteiger charge is -2.02. The minimum Gasteiger partial charge on any atom is -0.441 e. The van der Waals surface area contributed by atoms with Crippen molar-refractivity contribution in [2.75, 3.05) is 0 Å². The average molecular weight is 299 g/mol. The van der Waals surface area contributed by atoms with Crippen molar-refractivity contribution >= 4 is 11.8 Å². The first-order chi connectivity index (χ1) is 10.3. The Balaban J connectivity index is 1.76. The summed E-state index contributed by atoms with van der Waals surface area (Å²) in [6, 6.07) is 9.97. The topological polar surface area (TPSA) is 43.9 Å². The molecule has 5 heteroatoms. The summed E-state index contributed by atoms with van der Waals surface area (Å²) in [5.74, 6) is 2.32. The Hall–Kier alpha value is -2.01. The first-order valence-corrected chi connectivity index (χ1v) is 7.92.